The summed E-state index contributed by atoms with van der Waals surface area (Å²) in [6.07, 6.45) is 4.24. The third kappa shape index (κ3) is 4.70. The Hall–Kier alpha value is -1.79. The summed E-state index contributed by atoms with van der Waals surface area (Å²) in [4.78, 5) is 17.7. The average Bonchev–Trinajstić information content (AvgIpc) is 2.71. The molecule has 0 radical (unpaired) electrons. The van der Waals surface area contributed by atoms with E-state index in [0.717, 1.165) is 63.3 Å². The highest BCUT2D eigenvalue weighted by molar-refractivity contribution is 5.97. The van der Waals surface area contributed by atoms with Crippen molar-refractivity contribution < 1.29 is 14.6 Å². The van der Waals surface area contributed by atoms with Gasteiger partial charge in [-0.05, 0) is 70.7 Å². The fourth-order valence-corrected chi connectivity index (χ4v) is 5.78. The highest BCUT2D eigenvalue weighted by atomic mass is 16.5. The lowest BCUT2D eigenvalue weighted by atomic mass is 9.64. The van der Waals surface area contributed by atoms with Gasteiger partial charge >= 0.3 is 0 Å². The van der Waals surface area contributed by atoms with Gasteiger partial charge in [-0.25, -0.2) is 0 Å². The molecule has 3 aliphatic rings. The molecule has 1 aliphatic carbocycles. The maximum atomic E-state index is 12.9. The standard InChI is InChI=1S/C25H39N3O3/c1-17-6-8-20-19(16-17)22-21(31-25(20,2)3)9-7-18(23(22)29)24(30)26-10-5-11-28-14-12-27(4)13-15-28/h7,9,17,19-20,29H,5-6,8,10-16H2,1-4H3,(H,26,30)/t17-,19-,20-/m1/s1. The summed E-state index contributed by atoms with van der Waals surface area (Å²) in [7, 11) is 2.16. The molecule has 2 heterocycles. The van der Waals surface area contributed by atoms with Crippen molar-refractivity contribution in [1.82, 2.24) is 15.1 Å². The van der Waals surface area contributed by atoms with Crippen molar-refractivity contribution in [2.24, 2.45) is 11.8 Å². The van der Waals surface area contributed by atoms with Gasteiger partial charge in [0.1, 0.15) is 17.1 Å². The predicted octanol–water partition coefficient (Wildman–Crippen LogP) is 3.45. The van der Waals surface area contributed by atoms with Crippen LogP contribution in [0.5, 0.6) is 11.5 Å². The lowest BCUT2D eigenvalue weighted by Crippen LogP contribution is -2.46. The molecule has 2 N–H and O–H groups in total. The van der Waals surface area contributed by atoms with Gasteiger partial charge in [0, 0.05) is 44.2 Å². The molecule has 3 atom stereocenters. The minimum atomic E-state index is -0.253. The van der Waals surface area contributed by atoms with Gasteiger partial charge in [0.25, 0.3) is 5.91 Å². The maximum Gasteiger partial charge on any atom is 0.255 e. The second-order valence-corrected chi connectivity index (χ2v) is 10.5. The Balaban J connectivity index is 1.42. The third-order valence-electron chi connectivity index (χ3n) is 7.70. The van der Waals surface area contributed by atoms with E-state index < -0.39 is 0 Å². The van der Waals surface area contributed by atoms with Gasteiger partial charge in [-0.2, -0.15) is 0 Å². The first-order valence-electron chi connectivity index (χ1n) is 12.0. The van der Waals surface area contributed by atoms with E-state index in [1.807, 2.05) is 6.07 Å². The second kappa shape index (κ2) is 8.99. The molecule has 6 heteroatoms. The number of aromatic hydroxyl groups is 1. The molecule has 172 valence electrons. The number of piperazine rings is 1. The molecule has 0 bridgehead atoms. The van der Waals surface area contributed by atoms with Crippen molar-refractivity contribution in [2.45, 2.75) is 58.0 Å². The first-order chi connectivity index (χ1) is 14.8. The zero-order valence-corrected chi connectivity index (χ0v) is 19.6. The van der Waals surface area contributed by atoms with Crippen molar-refractivity contribution in [3.05, 3.63) is 23.3 Å². The predicted molar refractivity (Wildman–Crippen MR) is 123 cm³/mol. The molecule has 0 unspecified atom stereocenters. The number of rotatable bonds is 5. The van der Waals surface area contributed by atoms with Crippen LogP contribution in [0.25, 0.3) is 0 Å². The summed E-state index contributed by atoms with van der Waals surface area (Å²) in [6.45, 7) is 12.6. The monoisotopic (exact) mass is 429 g/mol. The van der Waals surface area contributed by atoms with Crippen LogP contribution in [0.3, 0.4) is 0 Å². The van der Waals surface area contributed by atoms with E-state index in [1.165, 1.54) is 6.42 Å². The number of amides is 1. The van der Waals surface area contributed by atoms with E-state index >= 15 is 0 Å². The van der Waals surface area contributed by atoms with Gasteiger partial charge in [0.05, 0.1) is 5.56 Å². The fraction of sp³-hybridized carbons (Fsp3) is 0.720. The molecule has 2 fully saturated rings. The molecule has 1 aromatic rings. The number of nitrogens with zero attached hydrogens (tertiary/aromatic N) is 2. The van der Waals surface area contributed by atoms with Crippen LogP contribution in [-0.2, 0) is 0 Å². The topological polar surface area (TPSA) is 65.0 Å². The quantitative estimate of drug-likeness (QED) is 0.702. The molecule has 1 amide bonds. The van der Waals surface area contributed by atoms with E-state index in [0.29, 0.717) is 23.9 Å². The molecule has 1 saturated heterocycles. The van der Waals surface area contributed by atoms with Crippen molar-refractivity contribution in [3.8, 4) is 11.5 Å². The Kier molecular flexibility index (Phi) is 6.50. The summed E-state index contributed by atoms with van der Waals surface area (Å²) >= 11 is 0. The molecule has 2 aliphatic heterocycles. The van der Waals surface area contributed by atoms with Crippen LogP contribution in [0.15, 0.2) is 12.1 Å². The Labute approximate surface area is 186 Å². The average molecular weight is 430 g/mol. The van der Waals surface area contributed by atoms with Crippen LogP contribution in [0.4, 0.5) is 0 Å². The van der Waals surface area contributed by atoms with Crippen molar-refractivity contribution >= 4 is 5.91 Å². The van der Waals surface area contributed by atoms with Crippen molar-refractivity contribution in [2.75, 3.05) is 46.3 Å². The molecule has 0 aromatic heterocycles. The summed E-state index contributed by atoms with van der Waals surface area (Å²) in [5.41, 5.74) is 0.969. The van der Waals surface area contributed by atoms with Gasteiger partial charge in [-0.1, -0.05) is 13.3 Å². The highest BCUT2D eigenvalue weighted by Gasteiger charge is 2.47. The first kappa shape index (κ1) is 22.4. The lowest BCUT2D eigenvalue weighted by Gasteiger charge is -2.48. The maximum absolute atomic E-state index is 12.9. The number of carbonyl (C=O) groups excluding carboxylic acids is 1. The number of likely N-dealkylation sites (N-methyl/N-ethyl adjacent to an activating group) is 1. The second-order valence-electron chi connectivity index (χ2n) is 10.5. The first-order valence-corrected chi connectivity index (χ1v) is 12.0. The Morgan fingerprint density at radius 2 is 1.97 bits per heavy atom. The smallest absolute Gasteiger partial charge is 0.255 e. The van der Waals surface area contributed by atoms with Gasteiger partial charge < -0.3 is 25.0 Å². The number of nitrogens with one attached hydrogen (secondary N) is 1. The van der Waals surface area contributed by atoms with Gasteiger partial charge in [0.2, 0.25) is 0 Å². The van der Waals surface area contributed by atoms with E-state index in [2.05, 4.69) is 42.9 Å². The molecule has 0 spiro atoms. The Morgan fingerprint density at radius 1 is 1.23 bits per heavy atom. The summed E-state index contributed by atoms with van der Waals surface area (Å²) in [6, 6.07) is 3.60. The molecule has 1 aromatic carbocycles. The minimum Gasteiger partial charge on any atom is -0.507 e. The molecular weight excluding hydrogens is 390 g/mol. The highest BCUT2D eigenvalue weighted by Crippen LogP contribution is 2.55. The van der Waals surface area contributed by atoms with Crippen molar-refractivity contribution in [1.29, 1.82) is 0 Å². The molecule has 31 heavy (non-hydrogen) atoms. The normalized spacial score (nSPS) is 28.3. The minimum absolute atomic E-state index is 0.119. The number of ether oxygens (including phenoxy) is 1. The zero-order valence-electron chi connectivity index (χ0n) is 19.6. The van der Waals surface area contributed by atoms with Crippen LogP contribution in [0.2, 0.25) is 0 Å². The van der Waals surface area contributed by atoms with Gasteiger partial charge in [-0.3, -0.25) is 4.79 Å². The zero-order chi connectivity index (χ0) is 22.2. The van der Waals surface area contributed by atoms with Crippen molar-refractivity contribution in [3.63, 3.8) is 0 Å². The van der Waals surface area contributed by atoms with E-state index in [-0.39, 0.29) is 23.2 Å². The number of fused-ring (bicyclic) bond motifs is 3. The number of benzene rings is 1. The Morgan fingerprint density at radius 3 is 2.71 bits per heavy atom. The number of hydrogen-bond acceptors (Lipinski definition) is 5. The summed E-state index contributed by atoms with van der Waals surface area (Å²) in [5, 5.41) is 14.1. The molecule has 1 saturated carbocycles. The molecule has 6 nitrogen and oxygen atoms in total. The van der Waals surface area contributed by atoms with Crippen LogP contribution in [0, 0.1) is 11.8 Å². The van der Waals surface area contributed by atoms with Crippen LogP contribution in [0.1, 0.15) is 68.3 Å². The summed E-state index contributed by atoms with van der Waals surface area (Å²) < 4.78 is 6.31. The van der Waals surface area contributed by atoms with Crippen LogP contribution >= 0.6 is 0 Å². The number of phenolic OH excluding ortho intramolecular Hbond substituents is 1. The van der Waals surface area contributed by atoms with E-state index in [1.54, 1.807) is 6.07 Å². The fourth-order valence-electron chi connectivity index (χ4n) is 5.78. The number of carbonyl (C=O) groups is 1. The Bertz CT molecular complexity index is 801. The third-order valence-corrected chi connectivity index (χ3v) is 7.70. The molecule has 4 rings (SSSR count). The van der Waals surface area contributed by atoms with E-state index in [9.17, 15) is 9.90 Å². The lowest BCUT2D eigenvalue weighted by molar-refractivity contribution is -0.0145. The summed E-state index contributed by atoms with van der Waals surface area (Å²) in [5.74, 6) is 1.90. The van der Waals surface area contributed by atoms with Gasteiger partial charge in [-0.15, -0.1) is 0 Å². The SMILES string of the molecule is C[C@@H]1CC[C@@H]2[C@@H](C1)c1c(ccc(C(=O)NCCCN3CCN(C)CC3)c1O)OC2(C)C. The number of hydrogen-bond donors (Lipinski definition) is 2. The van der Waals surface area contributed by atoms with E-state index in [4.69, 9.17) is 4.74 Å². The van der Waals surface area contributed by atoms with Gasteiger partial charge in [0.15, 0.2) is 0 Å². The largest absolute Gasteiger partial charge is 0.507 e. The van der Waals surface area contributed by atoms with Crippen LogP contribution < -0.4 is 10.1 Å². The molecular formula is C25H39N3O3. The van der Waals surface area contributed by atoms with Crippen LogP contribution in [-0.4, -0.2) is 72.7 Å². The number of phenols is 1.